The third kappa shape index (κ3) is 5.42. The monoisotopic (exact) mass is 492 g/mol. The van der Waals surface area contributed by atoms with Crippen molar-refractivity contribution >= 4 is 29.0 Å². The van der Waals surface area contributed by atoms with Crippen LogP contribution in [0.25, 0.3) is 0 Å². The highest BCUT2D eigenvalue weighted by Crippen LogP contribution is 2.40. The predicted octanol–water partition coefficient (Wildman–Crippen LogP) is 6.34. The van der Waals surface area contributed by atoms with Crippen LogP contribution >= 0.6 is 11.8 Å². The largest absolute Gasteiger partial charge is 0.493 e. The van der Waals surface area contributed by atoms with Gasteiger partial charge in [-0.25, -0.2) is 0 Å². The molecule has 7 nitrogen and oxygen atoms in total. The van der Waals surface area contributed by atoms with Crippen molar-refractivity contribution in [3.05, 3.63) is 81.4 Å². The van der Waals surface area contributed by atoms with E-state index in [4.69, 9.17) is 9.47 Å². The number of alkyl halides is 3. The Balaban J connectivity index is 1.95. The average Bonchev–Trinajstić information content (AvgIpc) is 2.79. The minimum Gasteiger partial charge on any atom is -0.493 e. The van der Waals surface area contributed by atoms with Crippen LogP contribution in [0.15, 0.2) is 64.4 Å². The number of nitrogens with zero attached hydrogens (tertiary/aromatic N) is 1. The van der Waals surface area contributed by atoms with Crippen molar-refractivity contribution < 1.29 is 32.4 Å². The second-order valence-corrected chi connectivity index (χ2v) is 8.10. The van der Waals surface area contributed by atoms with E-state index in [1.165, 1.54) is 20.3 Å². The van der Waals surface area contributed by atoms with Gasteiger partial charge in [0, 0.05) is 22.7 Å². The molecule has 0 heterocycles. The van der Waals surface area contributed by atoms with E-state index in [1.54, 1.807) is 37.3 Å². The van der Waals surface area contributed by atoms with Gasteiger partial charge in [0.2, 0.25) is 0 Å². The second kappa shape index (κ2) is 10.0. The van der Waals surface area contributed by atoms with Crippen molar-refractivity contribution in [3.8, 4) is 11.5 Å². The highest BCUT2D eigenvalue weighted by atomic mass is 32.2. The van der Waals surface area contributed by atoms with Crippen molar-refractivity contribution in [2.45, 2.75) is 22.9 Å². The number of carbonyl (C=O) groups is 1. The van der Waals surface area contributed by atoms with Gasteiger partial charge in [0.05, 0.1) is 35.2 Å². The van der Waals surface area contributed by atoms with Crippen LogP contribution in [0.4, 0.5) is 24.5 Å². The van der Waals surface area contributed by atoms with Gasteiger partial charge >= 0.3 is 6.18 Å². The number of ether oxygens (including phenoxy) is 2. The molecule has 0 spiro atoms. The first kappa shape index (κ1) is 24.9. The number of halogens is 3. The number of aryl methyl sites for hydroxylation is 1. The molecule has 0 saturated heterocycles. The third-order valence-electron chi connectivity index (χ3n) is 4.81. The Labute approximate surface area is 197 Å². The first-order valence-corrected chi connectivity index (χ1v) is 10.5. The lowest BCUT2D eigenvalue weighted by Crippen LogP contribution is -2.14. The fraction of sp³-hybridized carbons (Fsp3) is 0.174. The zero-order chi connectivity index (χ0) is 25.0. The highest BCUT2D eigenvalue weighted by molar-refractivity contribution is 7.99. The number of methoxy groups -OCH3 is 2. The Morgan fingerprint density at radius 2 is 1.65 bits per heavy atom. The summed E-state index contributed by atoms with van der Waals surface area (Å²) in [5, 5.41) is 14.2. The lowest BCUT2D eigenvalue weighted by atomic mass is 10.1. The molecule has 3 aromatic rings. The summed E-state index contributed by atoms with van der Waals surface area (Å²) in [6.45, 7) is 1.77. The van der Waals surface area contributed by atoms with Crippen LogP contribution in [0.2, 0.25) is 0 Å². The quantitative estimate of drug-likeness (QED) is 0.306. The summed E-state index contributed by atoms with van der Waals surface area (Å²) in [6, 6.07) is 11.9. The number of hydrogen-bond donors (Lipinski definition) is 1. The molecular formula is C23H19F3N2O5S. The topological polar surface area (TPSA) is 90.7 Å². The minimum atomic E-state index is -4.72. The molecule has 3 aromatic carbocycles. The number of carbonyl (C=O) groups excluding carboxylic acids is 1. The normalized spacial score (nSPS) is 11.1. The molecule has 0 aromatic heterocycles. The van der Waals surface area contributed by atoms with Crippen molar-refractivity contribution in [1.82, 2.24) is 0 Å². The molecular weight excluding hydrogens is 473 g/mol. The summed E-state index contributed by atoms with van der Waals surface area (Å²) in [6.07, 6.45) is -4.72. The summed E-state index contributed by atoms with van der Waals surface area (Å²) >= 11 is 0.831. The maximum absolute atomic E-state index is 13.1. The smallest absolute Gasteiger partial charge is 0.416 e. The molecule has 34 heavy (non-hydrogen) atoms. The van der Waals surface area contributed by atoms with E-state index >= 15 is 0 Å². The Morgan fingerprint density at radius 1 is 1.00 bits per heavy atom. The third-order valence-corrected chi connectivity index (χ3v) is 5.95. The van der Waals surface area contributed by atoms with Gasteiger partial charge in [-0.3, -0.25) is 14.9 Å². The summed E-state index contributed by atoms with van der Waals surface area (Å²) in [5.74, 6) is 0.392. The molecule has 0 unspecified atom stereocenters. The maximum Gasteiger partial charge on any atom is 0.416 e. The Bertz CT molecular complexity index is 1250. The molecule has 1 N–H and O–H groups in total. The van der Waals surface area contributed by atoms with Gasteiger partial charge in [0.1, 0.15) is 0 Å². The summed E-state index contributed by atoms with van der Waals surface area (Å²) in [4.78, 5) is 23.9. The van der Waals surface area contributed by atoms with Crippen LogP contribution in [0.1, 0.15) is 21.5 Å². The number of rotatable bonds is 7. The molecule has 0 atom stereocenters. The van der Waals surface area contributed by atoms with Gasteiger partial charge in [-0.2, -0.15) is 13.2 Å². The zero-order valence-electron chi connectivity index (χ0n) is 18.2. The molecule has 0 aliphatic heterocycles. The van der Waals surface area contributed by atoms with Gasteiger partial charge in [-0.1, -0.05) is 23.9 Å². The van der Waals surface area contributed by atoms with Crippen molar-refractivity contribution in [1.29, 1.82) is 0 Å². The van der Waals surface area contributed by atoms with Crippen molar-refractivity contribution in [3.63, 3.8) is 0 Å². The Kier molecular flexibility index (Phi) is 7.35. The molecule has 0 fully saturated rings. The number of nitro benzene ring substituents is 1. The molecule has 11 heteroatoms. The fourth-order valence-corrected chi connectivity index (χ4v) is 4.12. The number of nitro groups is 1. The first-order chi connectivity index (χ1) is 16.0. The number of nitrogens with one attached hydrogen (secondary N) is 1. The average molecular weight is 492 g/mol. The van der Waals surface area contributed by atoms with Crippen LogP contribution in [0, 0.1) is 17.0 Å². The number of benzene rings is 3. The molecule has 0 bridgehead atoms. The second-order valence-electron chi connectivity index (χ2n) is 7.01. The van der Waals surface area contributed by atoms with Gasteiger partial charge in [0.15, 0.2) is 11.5 Å². The van der Waals surface area contributed by atoms with Gasteiger partial charge in [-0.05, 0) is 42.8 Å². The highest BCUT2D eigenvalue weighted by Gasteiger charge is 2.33. The van der Waals surface area contributed by atoms with Crippen LogP contribution in [0.5, 0.6) is 11.5 Å². The molecule has 0 aliphatic carbocycles. The zero-order valence-corrected chi connectivity index (χ0v) is 19.0. The minimum absolute atomic E-state index is 0.0273. The maximum atomic E-state index is 13.1. The van der Waals surface area contributed by atoms with E-state index in [9.17, 15) is 28.1 Å². The van der Waals surface area contributed by atoms with E-state index < -0.39 is 28.3 Å². The molecule has 0 aliphatic rings. The van der Waals surface area contributed by atoms with Gasteiger partial charge < -0.3 is 14.8 Å². The fourth-order valence-electron chi connectivity index (χ4n) is 3.09. The summed E-state index contributed by atoms with van der Waals surface area (Å²) in [5.41, 5.74) is -0.474. The molecule has 1 amide bonds. The molecule has 3 rings (SSSR count). The Morgan fingerprint density at radius 3 is 2.26 bits per heavy atom. The van der Waals surface area contributed by atoms with Crippen molar-refractivity contribution in [2.24, 2.45) is 0 Å². The number of amides is 1. The van der Waals surface area contributed by atoms with Crippen LogP contribution < -0.4 is 14.8 Å². The number of hydrogen-bond acceptors (Lipinski definition) is 6. The van der Waals surface area contributed by atoms with Crippen LogP contribution in [-0.2, 0) is 6.18 Å². The number of anilines is 1. The molecule has 0 saturated carbocycles. The summed E-state index contributed by atoms with van der Waals surface area (Å²) in [7, 11) is 2.95. The predicted molar refractivity (Wildman–Crippen MR) is 121 cm³/mol. The van der Waals surface area contributed by atoms with Gasteiger partial charge in [-0.15, -0.1) is 0 Å². The van der Waals surface area contributed by atoms with Crippen LogP contribution in [-0.4, -0.2) is 25.1 Å². The SMILES string of the molecule is COc1cc(C)c(NC(=O)c2ccccc2Sc2ccc(C(F)(F)F)cc2[N+](=O)[O-])cc1OC. The van der Waals surface area contributed by atoms with E-state index in [0.29, 0.717) is 33.7 Å². The van der Waals surface area contributed by atoms with E-state index in [2.05, 4.69) is 5.32 Å². The van der Waals surface area contributed by atoms with Gasteiger partial charge in [0.25, 0.3) is 11.6 Å². The lowest BCUT2D eigenvalue weighted by molar-refractivity contribution is -0.388. The first-order valence-electron chi connectivity index (χ1n) is 9.71. The molecule has 0 radical (unpaired) electrons. The van der Waals surface area contributed by atoms with Crippen LogP contribution in [0.3, 0.4) is 0 Å². The van der Waals surface area contributed by atoms with E-state index in [1.807, 2.05) is 0 Å². The summed E-state index contributed by atoms with van der Waals surface area (Å²) < 4.78 is 49.5. The van der Waals surface area contributed by atoms with E-state index in [0.717, 1.165) is 23.9 Å². The van der Waals surface area contributed by atoms with Crippen molar-refractivity contribution in [2.75, 3.05) is 19.5 Å². The lowest BCUT2D eigenvalue weighted by Gasteiger charge is -2.15. The standard InChI is InChI=1S/C23H19F3N2O5S/c1-13-10-18(32-2)19(33-3)12-16(13)27-22(29)15-6-4-5-7-20(15)34-21-9-8-14(23(24,25)26)11-17(21)28(30)31/h4-12H,1-3H3,(H,27,29). The Hall–Kier alpha value is -3.73. The molecule has 178 valence electrons. The van der Waals surface area contributed by atoms with E-state index in [-0.39, 0.29) is 10.5 Å².